The summed E-state index contributed by atoms with van der Waals surface area (Å²) >= 11 is 0. The number of hydrogen-bond acceptors (Lipinski definition) is 5. The van der Waals surface area contributed by atoms with E-state index < -0.39 is 11.2 Å². The molecule has 4 saturated carbocycles. The zero-order valence-electron chi connectivity index (χ0n) is 17.2. The molecule has 1 aromatic rings. The van der Waals surface area contributed by atoms with Crippen LogP contribution in [0, 0.1) is 17.8 Å². The van der Waals surface area contributed by atoms with E-state index >= 15 is 0 Å². The molecule has 1 aromatic carbocycles. The Labute approximate surface area is 166 Å². The first-order valence-corrected chi connectivity index (χ1v) is 10.2. The molecule has 0 aliphatic heterocycles. The molecule has 2 N–H and O–H groups in total. The summed E-state index contributed by atoms with van der Waals surface area (Å²) in [6.07, 6.45) is 4.77. The number of rotatable bonds is 6. The van der Waals surface area contributed by atoms with Gasteiger partial charge in [-0.2, -0.15) is 0 Å². The highest BCUT2D eigenvalue weighted by atomic mass is 16.5. The number of methoxy groups -OCH3 is 2. The van der Waals surface area contributed by atoms with Crippen LogP contribution in [0.2, 0.25) is 0 Å². The smallest absolute Gasteiger partial charge is 0.263 e. The van der Waals surface area contributed by atoms with Crippen molar-refractivity contribution in [1.29, 1.82) is 0 Å². The zero-order chi connectivity index (χ0) is 20.1. The largest absolute Gasteiger partial charge is 0.496 e. The molecule has 28 heavy (non-hydrogen) atoms. The van der Waals surface area contributed by atoms with E-state index in [4.69, 9.17) is 14.2 Å². The summed E-state index contributed by atoms with van der Waals surface area (Å²) in [5.41, 5.74) is -1.54. The monoisotopic (exact) mass is 389 g/mol. The van der Waals surface area contributed by atoms with E-state index in [2.05, 4.69) is 5.32 Å². The lowest BCUT2D eigenvalue weighted by atomic mass is 9.52. The Morgan fingerprint density at radius 2 is 1.57 bits per heavy atom. The standard InChI is InChI=1S/C22H31NO5/c1-21(2,28-18-8-16(26-3)7-17(9-18)27-4)20(24)23-19-14-5-13-6-15(19)12-22(25,10-13)11-14/h7-9,13-15,19,25H,5-6,10-12H2,1-4H3,(H,23,24)/t13?,14-,15+,19+,22+. The summed E-state index contributed by atoms with van der Waals surface area (Å²) < 4.78 is 16.6. The van der Waals surface area contributed by atoms with Gasteiger partial charge in [0, 0.05) is 24.2 Å². The first-order valence-electron chi connectivity index (χ1n) is 10.2. The van der Waals surface area contributed by atoms with E-state index in [-0.39, 0.29) is 11.9 Å². The third-order valence-electron chi connectivity index (χ3n) is 6.78. The third-order valence-corrected chi connectivity index (χ3v) is 6.78. The number of carbonyl (C=O) groups excluding carboxylic acids is 1. The third kappa shape index (κ3) is 3.54. The molecular formula is C22H31NO5. The molecule has 5 atom stereocenters. The quantitative estimate of drug-likeness (QED) is 0.782. The first kappa shape index (κ1) is 19.4. The van der Waals surface area contributed by atoms with Crippen LogP contribution in [0.1, 0.15) is 46.0 Å². The van der Waals surface area contributed by atoms with E-state index in [1.807, 2.05) is 0 Å². The fraction of sp³-hybridized carbons (Fsp3) is 0.682. The lowest BCUT2D eigenvalue weighted by Crippen LogP contribution is -2.63. The Balaban J connectivity index is 1.46. The van der Waals surface area contributed by atoms with Gasteiger partial charge in [0.1, 0.15) is 17.2 Å². The van der Waals surface area contributed by atoms with Gasteiger partial charge in [-0.15, -0.1) is 0 Å². The predicted molar refractivity (Wildman–Crippen MR) is 105 cm³/mol. The second-order valence-electron chi connectivity index (χ2n) is 9.35. The van der Waals surface area contributed by atoms with Gasteiger partial charge in [-0.25, -0.2) is 0 Å². The SMILES string of the molecule is COc1cc(OC)cc(OC(C)(C)C(=O)N[C@H]2[C@@H]3CC4C[C@H]2C[C@](O)(C4)C3)c1. The van der Waals surface area contributed by atoms with Gasteiger partial charge in [-0.3, -0.25) is 4.79 Å². The Morgan fingerprint density at radius 3 is 2.07 bits per heavy atom. The van der Waals surface area contributed by atoms with Crippen LogP contribution in [0.4, 0.5) is 0 Å². The van der Waals surface area contributed by atoms with Crippen LogP contribution in [0.3, 0.4) is 0 Å². The second kappa shape index (κ2) is 6.83. The van der Waals surface area contributed by atoms with Crippen LogP contribution in [0.5, 0.6) is 17.2 Å². The molecule has 0 radical (unpaired) electrons. The lowest BCUT2D eigenvalue weighted by molar-refractivity contribution is -0.152. The van der Waals surface area contributed by atoms with Crippen LogP contribution in [0.25, 0.3) is 0 Å². The van der Waals surface area contributed by atoms with E-state index in [0.717, 1.165) is 32.1 Å². The summed E-state index contributed by atoms with van der Waals surface area (Å²) in [6.45, 7) is 3.55. The molecule has 4 bridgehead atoms. The molecule has 1 amide bonds. The molecule has 0 aromatic heterocycles. The number of ether oxygens (including phenoxy) is 3. The maximum absolute atomic E-state index is 13.1. The van der Waals surface area contributed by atoms with Crippen LogP contribution >= 0.6 is 0 Å². The molecule has 5 rings (SSSR count). The average molecular weight is 389 g/mol. The van der Waals surface area contributed by atoms with Crippen LogP contribution in [-0.2, 0) is 4.79 Å². The summed E-state index contributed by atoms with van der Waals surface area (Å²) in [4.78, 5) is 13.1. The number of benzene rings is 1. The zero-order valence-corrected chi connectivity index (χ0v) is 17.2. The number of hydrogen-bond donors (Lipinski definition) is 2. The van der Waals surface area contributed by atoms with Gasteiger partial charge in [-0.05, 0) is 63.7 Å². The predicted octanol–water partition coefficient (Wildman–Crippen LogP) is 2.92. The number of carbonyl (C=O) groups is 1. The summed E-state index contributed by atoms with van der Waals surface area (Å²) in [5, 5.41) is 14.0. The van der Waals surface area contributed by atoms with Crippen molar-refractivity contribution in [3.8, 4) is 17.2 Å². The summed E-state index contributed by atoms with van der Waals surface area (Å²) in [7, 11) is 3.16. The fourth-order valence-electron chi connectivity index (χ4n) is 5.72. The minimum Gasteiger partial charge on any atom is -0.496 e. The molecular weight excluding hydrogens is 358 g/mol. The van der Waals surface area contributed by atoms with E-state index in [1.165, 1.54) is 0 Å². The van der Waals surface area contributed by atoms with E-state index in [1.54, 1.807) is 46.3 Å². The Hall–Kier alpha value is -1.95. The normalized spacial score (nSPS) is 33.5. The Kier molecular flexibility index (Phi) is 4.73. The van der Waals surface area contributed by atoms with E-state index in [0.29, 0.717) is 35.0 Å². The van der Waals surface area contributed by atoms with E-state index in [9.17, 15) is 9.90 Å². The van der Waals surface area contributed by atoms with Gasteiger partial charge in [0.15, 0.2) is 5.60 Å². The van der Waals surface area contributed by atoms with Crippen molar-refractivity contribution in [1.82, 2.24) is 5.32 Å². The Morgan fingerprint density at radius 1 is 1.04 bits per heavy atom. The van der Waals surface area contributed by atoms with Crippen LogP contribution < -0.4 is 19.5 Å². The average Bonchev–Trinajstić information content (AvgIpc) is 2.62. The highest BCUT2D eigenvalue weighted by molar-refractivity contribution is 5.85. The molecule has 154 valence electrons. The minimum absolute atomic E-state index is 0.126. The van der Waals surface area contributed by atoms with Gasteiger partial charge in [0.05, 0.1) is 19.8 Å². The van der Waals surface area contributed by atoms with Crippen molar-refractivity contribution < 1.29 is 24.1 Å². The minimum atomic E-state index is -1.04. The highest BCUT2D eigenvalue weighted by Crippen LogP contribution is 2.55. The van der Waals surface area contributed by atoms with Gasteiger partial charge in [0.25, 0.3) is 5.91 Å². The number of aliphatic hydroxyl groups is 1. The molecule has 1 unspecified atom stereocenters. The van der Waals surface area contributed by atoms with Gasteiger partial charge < -0.3 is 24.6 Å². The highest BCUT2D eigenvalue weighted by Gasteiger charge is 2.55. The van der Waals surface area contributed by atoms with Crippen molar-refractivity contribution in [3.05, 3.63) is 18.2 Å². The molecule has 4 fully saturated rings. The summed E-state index contributed by atoms with van der Waals surface area (Å²) in [5.74, 6) is 2.97. The first-order chi connectivity index (χ1) is 13.2. The van der Waals surface area contributed by atoms with Gasteiger partial charge >= 0.3 is 0 Å². The topological polar surface area (TPSA) is 77.0 Å². The molecule has 0 spiro atoms. The number of nitrogens with one attached hydrogen (secondary N) is 1. The maximum Gasteiger partial charge on any atom is 0.263 e. The van der Waals surface area contributed by atoms with Crippen molar-refractivity contribution in [2.75, 3.05) is 14.2 Å². The molecule has 6 heteroatoms. The van der Waals surface area contributed by atoms with Crippen LogP contribution in [-0.4, -0.2) is 42.5 Å². The summed E-state index contributed by atoms with van der Waals surface area (Å²) in [6, 6.07) is 5.39. The van der Waals surface area contributed by atoms with Crippen molar-refractivity contribution in [2.24, 2.45) is 17.8 Å². The second-order valence-corrected chi connectivity index (χ2v) is 9.35. The van der Waals surface area contributed by atoms with Crippen molar-refractivity contribution in [2.45, 2.75) is 63.2 Å². The maximum atomic E-state index is 13.1. The Bertz CT molecular complexity index is 723. The molecule has 4 aliphatic rings. The fourth-order valence-corrected chi connectivity index (χ4v) is 5.72. The molecule has 0 heterocycles. The van der Waals surface area contributed by atoms with Gasteiger partial charge in [0.2, 0.25) is 0 Å². The van der Waals surface area contributed by atoms with Crippen molar-refractivity contribution in [3.63, 3.8) is 0 Å². The van der Waals surface area contributed by atoms with Crippen LogP contribution in [0.15, 0.2) is 18.2 Å². The molecule has 6 nitrogen and oxygen atoms in total. The molecule has 4 aliphatic carbocycles. The van der Waals surface area contributed by atoms with Crippen molar-refractivity contribution >= 4 is 5.91 Å². The molecule has 0 saturated heterocycles. The number of amides is 1. The lowest BCUT2D eigenvalue weighted by Gasteiger charge is -2.58. The van der Waals surface area contributed by atoms with Gasteiger partial charge in [-0.1, -0.05) is 0 Å².